The molecule has 5 nitrogen and oxygen atoms in total. The van der Waals surface area contributed by atoms with Crippen LogP contribution in [0.1, 0.15) is 17.3 Å². The van der Waals surface area contributed by atoms with E-state index in [-0.39, 0.29) is 0 Å². The van der Waals surface area contributed by atoms with Crippen LogP contribution < -0.4 is 15.6 Å². The smallest absolute Gasteiger partial charge is 0.279 e. The number of benzene rings is 3. The van der Waals surface area contributed by atoms with Gasteiger partial charge in [0, 0.05) is 0 Å². The summed E-state index contributed by atoms with van der Waals surface area (Å²) in [7, 11) is 0. The van der Waals surface area contributed by atoms with Gasteiger partial charge < -0.3 is 4.74 Å². The van der Waals surface area contributed by atoms with Gasteiger partial charge in [0.15, 0.2) is 6.10 Å². The largest absolute Gasteiger partial charge is 0.481 e. The van der Waals surface area contributed by atoms with Gasteiger partial charge >= 0.3 is 0 Å². The van der Waals surface area contributed by atoms with Crippen molar-refractivity contribution < 1.29 is 23.1 Å². The number of fused-ring (bicyclic) bond motifs is 1. The van der Waals surface area contributed by atoms with E-state index in [2.05, 4.69) is 5.43 Å². The van der Waals surface area contributed by atoms with Gasteiger partial charge in [-0.2, -0.15) is 0 Å². The summed E-state index contributed by atoms with van der Waals surface area (Å²) in [6.07, 6.45) is -0.927. The molecule has 0 saturated heterocycles. The molecule has 2 N–H and O–H groups in total. The highest BCUT2D eigenvalue weighted by Crippen LogP contribution is 2.21. The standard InChI is InChI=1S/C20H16F2N2O3/c1-12(27-16-8-6-13-4-2-3-5-14(13)10-16)19(25)23-24-20(26)17-11-15(21)7-9-18(17)22/h2-12H,1H3,(H,23,25)(H,24,26). The van der Waals surface area contributed by atoms with Crippen molar-refractivity contribution in [2.24, 2.45) is 0 Å². The predicted molar refractivity (Wildman–Crippen MR) is 96.0 cm³/mol. The average Bonchev–Trinajstić information content (AvgIpc) is 2.67. The Morgan fingerprint density at radius 3 is 2.44 bits per heavy atom. The van der Waals surface area contributed by atoms with Crippen molar-refractivity contribution in [3.05, 3.63) is 77.9 Å². The number of hydrazine groups is 1. The lowest BCUT2D eigenvalue weighted by Gasteiger charge is -2.15. The Balaban J connectivity index is 1.60. The van der Waals surface area contributed by atoms with Crippen molar-refractivity contribution in [2.45, 2.75) is 13.0 Å². The number of nitrogens with one attached hydrogen (secondary N) is 2. The minimum absolute atomic E-state index is 0.485. The second kappa shape index (κ2) is 7.82. The van der Waals surface area contributed by atoms with E-state index in [1.165, 1.54) is 6.92 Å². The molecular weight excluding hydrogens is 354 g/mol. The van der Waals surface area contributed by atoms with E-state index < -0.39 is 35.1 Å². The molecule has 3 aromatic rings. The van der Waals surface area contributed by atoms with Gasteiger partial charge in [-0.15, -0.1) is 0 Å². The van der Waals surface area contributed by atoms with E-state index in [1.807, 2.05) is 35.8 Å². The van der Waals surface area contributed by atoms with Crippen molar-refractivity contribution in [3.63, 3.8) is 0 Å². The molecule has 138 valence electrons. The average molecular weight is 370 g/mol. The van der Waals surface area contributed by atoms with Crippen LogP contribution in [0.25, 0.3) is 10.8 Å². The number of rotatable bonds is 4. The lowest BCUT2D eigenvalue weighted by atomic mass is 10.1. The maximum Gasteiger partial charge on any atom is 0.279 e. The van der Waals surface area contributed by atoms with Gasteiger partial charge in [-0.25, -0.2) is 8.78 Å². The summed E-state index contributed by atoms with van der Waals surface area (Å²) >= 11 is 0. The lowest BCUT2D eigenvalue weighted by molar-refractivity contribution is -0.128. The summed E-state index contributed by atoms with van der Waals surface area (Å²) in [6.45, 7) is 1.50. The minimum atomic E-state index is -0.974. The molecule has 3 aromatic carbocycles. The van der Waals surface area contributed by atoms with Crippen molar-refractivity contribution in [2.75, 3.05) is 0 Å². The highest BCUT2D eigenvalue weighted by molar-refractivity contribution is 5.96. The second-order valence-corrected chi connectivity index (χ2v) is 5.84. The molecule has 2 amide bonds. The van der Waals surface area contributed by atoms with Crippen LogP contribution in [-0.2, 0) is 4.79 Å². The molecule has 0 aliphatic carbocycles. The fourth-order valence-electron chi connectivity index (χ4n) is 2.46. The Labute approximate surface area is 153 Å². The SMILES string of the molecule is CC(Oc1ccc2ccccc2c1)C(=O)NNC(=O)c1cc(F)ccc1F. The topological polar surface area (TPSA) is 67.4 Å². The number of ether oxygens (including phenoxy) is 1. The van der Waals surface area contributed by atoms with Gasteiger partial charge in [0.1, 0.15) is 17.4 Å². The van der Waals surface area contributed by atoms with Crippen molar-refractivity contribution in [1.82, 2.24) is 10.9 Å². The highest BCUT2D eigenvalue weighted by atomic mass is 19.1. The van der Waals surface area contributed by atoms with Crippen LogP contribution in [0.4, 0.5) is 8.78 Å². The van der Waals surface area contributed by atoms with Crippen LogP contribution in [0.15, 0.2) is 60.7 Å². The van der Waals surface area contributed by atoms with E-state index in [4.69, 9.17) is 4.74 Å². The van der Waals surface area contributed by atoms with E-state index in [0.29, 0.717) is 5.75 Å². The van der Waals surface area contributed by atoms with Crippen LogP contribution in [0.5, 0.6) is 5.75 Å². The molecule has 1 atom stereocenters. The van der Waals surface area contributed by atoms with Crippen molar-refractivity contribution in [3.8, 4) is 5.75 Å². The molecule has 27 heavy (non-hydrogen) atoms. The van der Waals surface area contributed by atoms with E-state index in [1.54, 1.807) is 12.1 Å². The first kappa shape index (κ1) is 18.3. The number of carbonyl (C=O) groups excluding carboxylic acids is 2. The molecule has 3 rings (SSSR count). The number of hydrogen-bond acceptors (Lipinski definition) is 3. The quantitative estimate of drug-likeness (QED) is 0.692. The van der Waals surface area contributed by atoms with Gasteiger partial charge in [0.25, 0.3) is 11.8 Å². The fraction of sp³-hybridized carbons (Fsp3) is 0.100. The molecule has 0 saturated carbocycles. The third kappa shape index (κ3) is 4.38. The molecule has 0 spiro atoms. The number of hydrogen-bond donors (Lipinski definition) is 2. The zero-order valence-electron chi connectivity index (χ0n) is 14.3. The van der Waals surface area contributed by atoms with Gasteiger partial charge in [0.2, 0.25) is 0 Å². The minimum Gasteiger partial charge on any atom is -0.481 e. The molecule has 0 aliphatic heterocycles. The summed E-state index contributed by atoms with van der Waals surface area (Å²) in [4.78, 5) is 24.0. The van der Waals surface area contributed by atoms with Gasteiger partial charge in [-0.1, -0.05) is 30.3 Å². The predicted octanol–water partition coefficient (Wildman–Crippen LogP) is 3.35. The summed E-state index contributed by atoms with van der Waals surface area (Å²) in [5, 5.41) is 1.99. The molecule has 0 fully saturated rings. The van der Waals surface area contributed by atoms with Crippen LogP contribution in [0.3, 0.4) is 0 Å². The third-order valence-electron chi connectivity index (χ3n) is 3.88. The van der Waals surface area contributed by atoms with E-state index >= 15 is 0 Å². The molecule has 0 aliphatic rings. The van der Waals surface area contributed by atoms with E-state index in [9.17, 15) is 18.4 Å². The highest BCUT2D eigenvalue weighted by Gasteiger charge is 2.18. The third-order valence-corrected chi connectivity index (χ3v) is 3.88. The van der Waals surface area contributed by atoms with Crippen molar-refractivity contribution in [1.29, 1.82) is 0 Å². The molecule has 0 radical (unpaired) electrons. The van der Waals surface area contributed by atoms with Crippen LogP contribution in [-0.4, -0.2) is 17.9 Å². The first-order valence-electron chi connectivity index (χ1n) is 8.15. The molecule has 1 unspecified atom stereocenters. The van der Waals surface area contributed by atoms with Gasteiger partial charge in [-0.3, -0.25) is 20.4 Å². The Morgan fingerprint density at radius 1 is 0.926 bits per heavy atom. The van der Waals surface area contributed by atoms with Crippen LogP contribution in [0.2, 0.25) is 0 Å². The fourth-order valence-corrected chi connectivity index (χ4v) is 2.46. The lowest BCUT2D eigenvalue weighted by Crippen LogP contribution is -2.47. The maximum atomic E-state index is 13.6. The Kier molecular flexibility index (Phi) is 5.30. The number of amides is 2. The normalized spacial score (nSPS) is 11.7. The summed E-state index contributed by atoms with van der Waals surface area (Å²) in [5.74, 6) is -2.80. The first-order valence-corrected chi connectivity index (χ1v) is 8.15. The molecule has 0 bridgehead atoms. The first-order chi connectivity index (χ1) is 12.9. The molecule has 0 aromatic heterocycles. The number of halogens is 2. The summed E-state index contributed by atoms with van der Waals surface area (Å²) in [6, 6.07) is 15.5. The Bertz CT molecular complexity index is 1010. The Hall–Kier alpha value is -3.48. The number of carbonyl (C=O) groups is 2. The van der Waals surface area contributed by atoms with Crippen LogP contribution in [0, 0.1) is 11.6 Å². The monoisotopic (exact) mass is 370 g/mol. The molecular formula is C20H16F2N2O3. The van der Waals surface area contributed by atoms with Gasteiger partial charge in [0.05, 0.1) is 5.56 Å². The zero-order chi connectivity index (χ0) is 19.4. The summed E-state index contributed by atoms with van der Waals surface area (Å²) < 4.78 is 32.3. The molecule has 7 heteroatoms. The second-order valence-electron chi connectivity index (χ2n) is 5.84. The Morgan fingerprint density at radius 2 is 1.67 bits per heavy atom. The molecule has 0 heterocycles. The van der Waals surface area contributed by atoms with Gasteiger partial charge in [-0.05, 0) is 48.0 Å². The van der Waals surface area contributed by atoms with E-state index in [0.717, 1.165) is 29.0 Å². The van der Waals surface area contributed by atoms with Crippen molar-refractivity contribution >= 4 is 22.6 Å². The summed E-state index contributed by atoms with van der Waals surface area (Å²) in [5.41, 5.74) is 3.65. The zero-order valence-corrected chi connectivity index (χ0v) is 14.3. The van der Waals surface area contributed by atoms with Crippen LogP contribution >= 0.6 is 0 Å². The maximum absolute atomic E-state index is 13.6.